The summed E-state index contributed by atoms with van der Waals surface area (Å²) >= 11 is 0. The van der Waals surface area contributed by atoms with Crippen molar-refractivity contribution in [3.8, 4) is 0 Å². The fourth-order valence-electron chi connectivity index (χ4n) is 2.37. The zero-order valence-corrected chi connectivity index (χ0v) is 12.0. The van der Waals surface area contributed by atoms with E-state index < -0.39 is 0 Å². The fraction of sp³-hybridized carbons (Fsp3) is 0.571. The van der Waals surface area contributed by atoms with Crippen LogP contribution in [0.3, 0.4) is 0 Å². The number of nitrogens with zero attached hydrogens (tertiary/aromatic N) is 2. The summed E-state index contributed by atoms with van der Waals surface area (Å²) in [6.45, 7) is 4.25. The summed E-state index contributed by atoms with van der Waals surface area (Å²) in [4.78, 5) is 25.9. The van der Waals surface area contributed by atoms with E-state index in [0.29, 0.717) is 24.3 Å². The third-order valence-electron chi connectivity index (χ3n) is 3.58. The first kappa shape index (κ1) is 14.7. The third kappa shape index (κ3) is 2.76. The van der Waals surface area contributed by atoms with Gasteiger partial charge in [0.15, 0.2) is 0 Å². The van der Waals surface area contributed by atoms with Crippen LogP contribution in [0.5, 0.6) is 0 Å². The van der Waals surface area contributed by atoms with Crippen molar-refractivity contribution in [2.24, 2.45) is 7.05 Å². The highest BCUT2D eigenvalue weighted by atomic mass is 16.5. The summed E-state index contributed by atoms with van der Waals surface area (Å²) < 4.78 is 6.84. The van der Waals surface area contributed by atoms with Crippen molar-refractivity contribution in [1.29, 1.82) is 0 Å². The van der Waals surface area contributed by atoms with E-state index in [4.69, 9.17) is 9.84 Å². The van der Waals surface area contributed by atoms with Crippen LogP contribution >= 0.6 is 0 Å². The Bertz CT molecular complexity index is 541. The number of aryl methyl sites for hydroxylation is 2. The Kier molecular flexibility index (Phi) is 4.25. The SMILES string of the molecule is Cc1cc(C(=O)N2CC(CO)OCC2C)cn(C)c1=O. The number of aromatic nitrogens is 1. The summed E-state index contributed by atoms with van der Waals surface area (Å²) in [7, 11) is 1.63. The van der Waals surface area contributed by atoms with Gasteiger partial charge in [-0.25, -0.2) is 0 Å². The van der Waals surface area contributed by atoms with Gasteiger partial charge in [0.25, 0.3) is 11.5 Å². The molecule has 0 aliphatic carbocycles. The van der Waals surface area contributed by atoms with Crippen molar-refractivity contribution in [1.82, 2.24) is 9.47 Å². The van der Waals surface area contributed by atoms with Crippen LogP contribution < -0.4 is 5.56 Å². The Morgan fingerprint density at radius 3 is 2.85 bits per heavy atom. The number of ether oxygens (including phenoxy) is 1. The van der Waals surface area contributed by atoms with E-state index in [0.717, 1.165) is 0 Å². The van der Waals surface area contributed by atoms with Gasteiger partial charge in [-0.1, -0.05) is 0 Å². The molecule has 0 spiro atoms. The zero-order valence-electron chi connectivity index (χ0n) is 12.0. The molecule has 20 heavy (non-hydrogen) atoms. The third-order valence-corrected chi connectivity index (χ3v) is 3.58. The predicted octanol–water partition coefficient (Wildman–Crippen LogP) is -0.0845. The lowest BCUT2D eigenvalue weighted by Gasteiger charge is -2.37. The van der Waals surface area contributed by atoms with Crippen LogP contribution in [0.25, 0.3) is 0 Å². The van der Waals surface area contributed by atoms with Crippen molar-refractivity contribution in [2.75, 3.05) is 19.8 Å². The van der Waals surface area contributed by atoms with Gasteiger partial charge in [0.2, 0.25) is 0 Å². The number of carbonyl (C=O) groups excluding carboxylic acids is 1. The molecule has 1 aromatic rings. The monoisotopic (exact) mass is 280 g/mol. The lowest BCUT2D eigenvalue weighted by atomic mass is 10.1. The Morgan fingerprint density at radius 1 is 1.55 bits per heavy atom. The number of rotatable bonds is 2. The summed E-state index contributed by atoms with van der Waals surface area (Å²) in [5, 5.41) is 9.16. The number of hydrogen-bond acceptors (Lipinski definition) is 4. The molecular formula is C14H20N2O4. The average Bonchev–Trinajstić information content (AvgIpc) is 2.44. The molecule has 1 saturated heterocycles. The second kappa shape index (κ2) is 5.76. The average molecular weight is 280 g/mol. The van der Waals surface area contributed by atoms with Crippen molar-refractivity contribution in [3.63, 3.8) is 0 Å². The minimum absolute atomic E-state index is 0.0529. The molecule has 1 aliphatic rings. The van der Waals surface area contributed by atoms with E-state index in [9.17, 15) is 9.59 Å². The van der Waals surface area contributed by atoms with Crippen LogP contribution in [0, 0.1) is 6.92 Å². The number of pyridine rings is 1. The number of morpholine rings is 1. The lowest BCUT2D eigenvalue weighted by molar-refractivity contribution is -0.0667. The first-order valence-electron chi connectivity index (χ1n) is 6.64. The Hall–Kier alpha value is -1.66. The van der Waals surface area contributed by atoms with Crippen LogP contribution in [0.15, 0.2) is 17.1 Å². The van der Waals surface area contributed by atoms with Gasteiger partial charge in [0.05, 0.1) is 30.9 Å². The molecule has 2 unspecified atom stereocenters. The van der Waals surface area contributed by atoms with Gasteiger partial charge in [-0.05, 0) is 19.9 Å². The molecule has 1 amide bonds. The van der Waals surface area contributed by atoms with Crippen LogP contribution in [-0.4, -0.2) is 52.4 Å². The van der Waals surface area contributed by atoms with Crippen molar-refractivity contribution in [2.45, 2.75) is 26.0 Å². The van der Waals surface area contributed by atoms with Crippen LogP contribution in [0.4, 0.5) is 0 Å². The fourth-order valence-corrected chi connectivity index (χ4v) is 2.37. The Labute approximate surface area is 117 Å². The summed E-state index contributed by atoms with van der Waals surface area (Å²) in [5.74, 6) is -0.141. The molecule has 1 N–H and O–H groups in total. The Balaban J connectivity index is 2.28. The zero-order chi connectivity index (χ0) is 14.9. The predicted molar refractivity (Wildman–Crippen MR) is 73.7 cm³/mol. The van der Waals surface area contributed by atoms with E-state index in [2.05, 4.69) is 0 Å². The molecule has 2 heterocycles. The first-order valence-corrected chi connectivity index (χ1v) is 6.64. The first-order chi connectivity index (χ1) is 9.43. The van der Waals surface area contributed by atoms with Crippen LogP contribution in [0.1, 0.15) is 22.8 Å². The quantitative estimate of drug-likeness (QED) is 0.822. The summed E-state index contributed by atoms with van der Waals surface area (Å²) in [6, 6.07) is 1.56. The number of carbonyl (C=O) groups is 1. The number of hydrogen-bond donors (Lipinski definition) is 1. The molecule has 0 radical (unpaired) electrons. The molecule has 1 aromatic heterocycles. The van der Waals surface area contributed by atoms with Gasteiger partial charge in [-0.15, -0.1) is 0 Å². The van der Waals surface area contributed by atoms with Gasteiger partial charge >= 0.3 is 0 Å². The molecule has 110 valence electrons. The minimum atomic E-state index is -0.344. The van der Waals surface area contributed by atoms with Gasteiger partial charge in [0.1, 0.15) is 0 Å². The number of amides is 1. The maximum atomic E-state index is 12.6. The van der Waals surface area contributed by atoms with Crippen molar-refractivity contribution in [3.05, 3.63) is 33.7 Å². The molecule has 1 aliphatic heterocycles. The number of aliphatic hydroxyl groups is 1. The van der Waals surface area contributed by atoms with Gasteiger partial charge in [0, 0.05) is 25.4 Å². The largest absolute Gasteiger partial charge is 0.394 e. The molecule has 6 heteroatoms. The normalized spacial score (nSPS) is 22.9. The smallest absolute Gasteiger partial charge is 0.255 e. The van der Waals surface area contributed by atoms with Crippen molar-refractivity contribution < 1.29 is 14.6 Å². The summed E-state index contributed by atoms with van der Waals surface area (Å²) in [5.41, 5.74) is 0.915. The molecular weight excluding hydrogens is 260 g/mol. The molecule has 6 nitrogen and oxygen atoms in total. The highest BCUT2D eigenvalue weighted by Gasteiger charge is 2.30. The van der Waals surface area contributed by atoms with E-state index in [-0.39, 0.29) is 30.2 Å². The van der Waals surface area contributed by atoms with Gasteiger partial charge < -0.3 is 19.3 Å². The second-order valence-electron chi connectivity index (χ2n) is 5.27. The van der Waals surface area contributed by atoms with Gasteiger partial charge in [-0.2, -0.15) is 0 Å². The van der Waals surface area contributed by atoms with E-state index in [1.165, 1.54) is 4.57 Å². The molecule has 1 fully saturated rings. The standard InChI is InChI=1S/C14H20N2O4/c1-9-4-11(5-15(3)13(9)18)14(19)16-6-12(7-17)20-8-10(16)2/h4-5,10,12,17H,6-8H2,1-3H3. The molecule has 2 atom stereocenters. The number of aliphatic hydroxyl groups excluding tert-OH is 1. The molecule has 2 rings (SSSR count). The Morgan fingerprint density at radius 2 is 2.25 bits per heavy atom. The van der Waals surface area contributed by atoms with E-state index in [1.54, 1.807) is 31.1 Å². The van der Waals surface area contributed by atoms with E-state index >= 15 is 0 Å². The lowest BCUT2D eigenvalue weighted by Crippen LogP contribution is -2.52. The highest BCUT2D eigenvalue weighted by Crippen LogP contribution is 2.15. The van der Waals surface area contributed by atoms with Gasteiger partial charge in [-0.3, -0.25) is 9.59 Å². The minimum Gasteiger partial charge on any atom is -0.394 e. The molecule has 0 aromatic carbocycles. The maximum Gasteiger partial charge on any atom is 0.255 e. The highest BCUT2D eigenvalue weighted by molar-refractivity contribution is 5.94. The van der Waals surface area contributed by atoms with E-state index in [1.807, 2.05) is 6.92 Å². The maximum absolute atomic E-state index is 12.6. The topological polar surface area (TPSA) is 71.8 Å². The van der Waals surface area contributed by atoms with Crippen molar-refractivity contribution >= 4 is 5.91 Å². The second-order valence-corrected chi connectivity index (χ2v) is 5.27. The molecule has 0 bridgehead atoms. The molecule has 0 saturated carbocycles. The van der Waals surface area contributed by atoms with Crippen LogP contribution in [0.2, 0.25) is 0 Å². The van der Waals surface area contributed by atoms with Crippen LogP contribution in [-0.2, 0) is 11.8 Å². The summed E-state index contributed by atoms with van der Waals surface area (Å²) in [6.07, 6.45) is 1.21.